The van der Waals surface area contributed by atoms with Gasteiger partial charge in [-0.2, -0.15) is 0 Å². The van der Waals surface area contributed by atoms with E-state index in [2.05, 4.69) is 10.5 Å². The van der Waals surface area contributed by atoms with Crippen molar-refractivity contribution in [3.63, 3.8) is 0 Å². The lowest BCUT2D eigenvalue weighted by Crippen LogP contribution is -2.24. The highest BCUT2D eigenvalue weighted by Gasteiger charge is 2.29. The number of hydrogen-bond acceptors (Lipinski definition) is 3. The number of nitrogens with one attached hydrogen (secondary N) is 1. The number of carbonyl (C=O) groups is 1. The van der Waals surface area contributed by atoms with Crippen LogP contribution >= 0.6 is 0 Å². The third-order valence-electron chi connectivity index (χ3n) is 3.01. The zero-order valence-corrected chi connectivity index (χ0v) is 9.93. The minimum Gasteiger partial charge on any atom is -0.356 e. The predicted molar refractivity (Wildman–Crippen MR) is 66.5 cm³/mol. The summed E-state index contributed by atoms with van der Waals surface area (Å²) in [6.45, 7) is 0.436. The van der Waals surface area contributed by atoms with Crippen LogP contribution in [0.3, 0.4) is 0 Å². The van der Waals surface area contributed by atoms with Crippen LogP contribution in [-0.4, -0.2) is 11.1 Å². The van der Waals surface area contributed by atoms with Crippen molar-refractivity contribution in [3.8, 4) is 11.3 Å². The van der Waals surface area contributed by atoms with E-state index < -0.39 is 0 Å². The van der Waals surface area contributed by atoms with Gasteiger partial charge in [0.1, 0.15) is 5.69 Å². The van der Waals surface area contributed by atoms with Crippen LogP contribution in [0.2, 0.25) is 0 Å². The van der Waals surface area contributed by atoms with Crippen LogP contribution in [0.1, 0.15) is 18.5 Å². The summed E-state index contributed by atoms with van der Waals surface area (Å²) in [5, 5.41) is 6.82. The molecule has 4 nitrogen and oxygen atoms in total. The molecule has 1 fully saturated rings. The molecule has 4 heteroatoms. The number of nitrogens with zero attached hydrogens (tertiary/aromatic N) is 1. The fraction of sp³-hybridized carbons (Fsp3) is 0.286. The first kappa shape index (κ1) is 11.0. The van der Waals surface area contributed by atoms with Gasteiger partial charge in [0.2, 0.25) is 5.91 Å². The summed E-state index contributed by atoms with van der Waals surface area (Å²) >= 11 is 0. The van der Waals surface area contributed by atoms with Crippen molar-refractivity contribution in [1.29, 1.82) is 0 Å². The Labute approximate surface area is 105 Å². The van der Waals surface area contributed by atoms with Gasteiger partial charge in [-0.05, 0) is 12.8 Å². The van der Waals surface area contributed by atoms with Crippen molar-refractivity contribution in [2.75, 3.05) is 0 Å². The Morgan fingerprint density at radius 1 is 1.33 bits per heavy atom. The molecule has 1 heterocycles. The summed E-state index contributed by atoms with van der Waals surface area (Å²) in [5.41, 5.74) is 1.74. The fourth-order valence-electron chi connectivity index (χ4n) is 1.80. The number of aromatic nitrogens is 1. The van der Waals surface area contributed by atoms with E-state index in [0.29, 0.717) is 6.54 Å². The maximum Gasteiger partial charge on any atom is 0.223 e. The summed E-state index contributed by atoms with van der Waals surface area (Å²) in [7, 11) is 0. The third-order valence-corrected chi connectivity index (χ3v) is 3.01. The second-order valence-corrected chi connectivity index (χ2v) is 4.54. The molecule has 2 aromatic rings. The maximum absolute atomic E-state index is 11.5. The monoisotopic (exact) mass is 242 g/mol. The number of rotatable bonds is 4. The van der Waals surface area contributed by atoms with E-state index in [1.165, 1.54) is 0 Å². The van der Waals surface area contributed by atoms with Crippen LogP contribution in [-0.2, 0) is 11.3 Å². The molecular formula is C14H14N2O2. The molecule has 0 saturated heterocycles. The molecule has 1 aliphatic rings. The van der Waals surface area contributed by atoms with Crippen LogP contribution in [0, 0.1) is 5.92 Å². The highest BCUT2D eigenvalue weighted by atomic mass is 16.5. The first-order valence-corrected chi connectivity index (χ1v) is 6.11. The van der Waals surface area contributed by atoms with Gasteiger partial charge in [-0.15, -0.1) is 0 Å². The van der Waals surface area contributed by atoms with E-state index in [4.69, 9.17) is 4.52 Å². The quantitative estimate of drug-likeness (QED) is 0.895. The van der Waals surface area contributed by atoms with Crippen LogP contribution in [0.15, 0.2) is 40.9 Å². The first-order valence-electron chi connectivity index (χ1n) is 6.11. The lowest BCUT2D eigenvalue weighted by molar-refractivity contribution is -0.122. The highest BCUT2D eigenvalue weighted by Crippen LogP contribution is 2.28. The average molecular weight is 242 g/mol. The smallest absolute Gasteiger partial charge is 0.223 e. The molecule has 0 spiro atoms. The largest absolute Gasteiger partial charge is 0.356 e. The molecule has 0 atom stereocenters. The van der Waals surface area contributed by atoms with Crippen LogP contribution in [0.4, 0.5) is 0 Å². The number of hydrogen-bond donors (Lipinski definition) is 1. The molecule has 18 heavy (non-hydrogen) atoms. The van der Waals surface area contributed by atoms with Gasteiger partial charge in [0.05, 0.1) is 6.54 Å². The van der Waals surface area contributed by atoms with Crippen molar-refractivity contribution >= 4 is 5.91 Å². The average Bonchev–Trinajstić information content (AvgIpc) is 3.16. The van der Waals surface area contributed by atoms with Crippen LogP contribution in [0.25, 0.3) is 11.3 Å². The lowest BCUT2D eigenvalue weighted by atomic mass is 10.2. The van der Waals surface area contributed by atoms with Crippen LogP contribution < -0.4 is 5.32 Å². The number of carbonyl (C=O) groups excluding carboxylic acids is 1. The molecule has 0 unspecified atom stereocenters. The minimum absolute atomic E-state index is 0.124. The van der Waals surface area contributed by atoms with Crippen molar-refractivity contribution in [1.82, 2.24) is 10.5 Å². The van der Waals surface area contributed by atoms with E-state index >= 15 is 0 Å². The highest BCUT2D eigenvalue weighted by molar-refractivity contribution is 5.80. The molecule has 1 saturated carbocycles. The minimum atomic E-state index is 0.124. The normalized spacial score (nSPS) is 14.4. The summed E-state index contributed by atoms with van der Waals surface area (Å²) in [6.07, 6.45) is 2.03. The van der Waals surface area contributed by atoms with Crippen LogP contribution in [0.5, 0.6) is 0 Å². The Morgan fingerprint density at radius 2 is 2.11 bits per heavy atom. The van der Waals surface area contributed by atoms with Crippen molar-refractivity contribution in [3.05, 3.63) is 42.1 Å². The SMILES string of the molecule is O=C(NCc1cc(-c2ccccc2)on1)C1CC1. The van der Waals surface area contributed by atoms with Gasteiger partial charge in [-0.25, -0.2) is 0 Å². The first-order chi connectivity index (χ1) is 8.83. The summed E-state index contributed by atoms with van der Waals surface area (Å²) in [4.78, 5) is 11.5. The Balaban J connectivity index is 1.64. The van der Waals surface area contributed by atoms with Gasteiger partial charge < -0.3 is 9.84 Å². The summed E-state index contributed by atoms with van der Waals surface area (Å²) in [6, 6.07) is 11.7. The molecule has 92 valence electrons. The molecule has 0 radical (unpaired) electrons. The van der Waals surface area contributed by atoms with Crippen molar-refractivity contribution in [2.45, 2.75) is 19.4 Å². The summed E-state index contributed by atoms with van der Waals surface area (Å²) < 4.78 is 5.26. The van der Waals surface area contributed by atoms with Gasteiger partial charge in [-0.1, -0.05) is 35.5 Å². The molecule has 1 N–H and O–H groups in total. The Kier molecular flexibility index (Phi) is 2.84. The van der Waals surface area contributed by atoms with E-state index in [1.807, 2.05) is 36.4 Å². The van der Waals surface area contributed by atoms with Crippen molar-refractivity contribution in [2.24, 2.45) is 5.92 Å². The van der Waals surface area contributed by atoms with E-state index in [0.717, 1.165) is 29.9 Å². The molecule has 1 aliphatic carbocycles. The van der Waals surface area contributed by atoms with Gasteiger partial charge >= 0.3 is 0 Å². The Hall–Kier alpha value is -2.10. The standard InChI is InChI=1S/C14H14N2O2/c17-14(11-6-7-11)15-9-12-8-13(18-16-12)10-4-2-1-3-5-10/h1-5,8,11H,6-7,9H2,(H,15,17). The third kappa shape index (κ3) is 2.42. The van der Waals surface area contributed by atoms with Gasteiger partial charge in [0.25, 0.3) is 0 Å². The van der Waals surface area contributed by atoms with E-state index in [1.54, 1.807) is 0 Å². The van der Waals surface area contributed by atoms with Gasteiger partial charge in [0.15, 0.2) is 5.76 Å². The topological polar surface area (TPSA) is 55.1 Å². The molecular weight excluding hydrogens is 228 g/mol. The van der Waals surface area contributed by atoms with E-state index in [9.17, 15) is 4.79 Å². The Morgan fingerprint density at radius 3 is 2.83 bits per heavy atom. The molecule has 1 aromatic heterocycles. The zero-order valence-electron chi connectivity index (χ0n) is 9.93. The number of benzene rings is 1. The second kappa shape index (κ2) is 4.64. The second-order valence-electron chi connectivity index (χ2n) is 4.54. The van der Waals surface area contributed by atoms with Crippen molar-refractivity contribution < 1.29 is 9.32 Å². The molecule has 1 amide bonds. The lowest BCUT2D eigenvalue weighted by Gasteiger charge is -1.99. The molecule has 0 aliphatic heterocycles. The van der Waals surface area contributed by atoms with E-state index in [-0.39, 0.29) is 11.8 Å². The number of amides is 1. The molecule has 0 bridgehead atoms. The fourth-order valence-corrected chi connectivity index (χ4v) is 1.80. The zero-order chi connectivity index (χ0) is 12.4. The molecule has 1 aromatic carbocycles. The van der Waals surface area contributed by atoms with Gasteiger partial charge in [0, 0.05) is 17.5 Å². The predicted octanol–water partition coefficient (Wildman–Crippen LogP) is 2.37. The Bertz CT molecular complexity index is 544. The maximum atomic E-state index is 11.5. The molecule has 3 rings (SSSR count). The summed E-state index contributed by atoms with van der Waals surface area (Å²) in [5.74, 6) is 1.08. The van der Waals surface area contributed by atoms with Gasteiger partial charge in [-0.3, -0.25) is 4.79 Å².